The van der Waals surface area contributed by atoms with E-state index in [-0.39, 0.29) is 24.0 Å². The van der Waals surface area contributed by atoms with Gasteiger partial charge in [-0.1, -0.05) is 18.2 Å². The fourth-order valence-corrected chi connectivity index (χ4v) is 3.18. The second-order valence-corrected chi connectivity index (χ2v) is 7.75. The van der Waals surface area contributed by atoms with Crippen LogP contribution in [0.25, 0.3) is 11.4 Å². The van der Waals surface area contributed by atoms with Crippen molar-refractivity contribution in [1.82, 2.24) is 25.8 Å². The molecule has 1 heterocycles. The number of benzene rings is 2. The molecule has 0 bridgehead atoms. The van der Waals surface area contributed by atoms with Gasteiger partial charge in [-0.25, -0.2) is 9.98 Å². The second kappa shape index (κ2) is 12.4. The molecule has 1 aliphatic rings. The lowest BCUT2D eigenvalue weighted by molar-refractivity contribution is 0.297. The first-order valence-corrected chi connectivity index (χ1v) is 11.0. The highest BCUT2D eigenvalue weighted by Crippen LogP contribution is 2.30. The molecule has 0 radical (unpaired) electrons. The average Bonchev–Trinajstić information content (AvgIpc) is 3.55. The predicted octanol–water partition coefficient (Wildman–Crippen LogP) is 4.14. The van der Waals surface area contributed by atoms with Gasteiger partial charge in [0.15, 0.2) is 11.8 Å². The Hall–Kier alpha value is -2.82. The number of halogens is 1. The molecule has 3 aromatic rings. The van der Waals surface area contributed by atoms with Gasteiger partial charge in [0.2, 0.25) is 0 Å². The number of methoxy groups -OCH3 is 1. The van der Waals surface area contributed by atoms with Crippen molar-refractivity contribution in [2.24, 2.45) is 10.9 Å². The van der Waals surface area contributed by atoms with E-state index in [1.165, 1.54) is 12.8 Å². The largest absolute Gasteiger partial charge is 0.497 e. The Balaban J connectivity index is 0.00000306. The van der Waals surface area contributed by atoms with Gasteiger partial charge in [-0.05, 0) is 56.0 Å². The average molecular weight is 562 g/mol. The van der Waals surface area contributed by atoms with Crippen LogP contribution >= 0.6 is 24.0 Å². The molecule has 0 spiro atoms. The molecule has 0 aliphatic heterocycles. The highest BCUT2D eigenvalue weighted by Gasteiger charge is 2.22. The zero-order valence-corrected chi connectivity index (χ0v) is 21.3. The summed E-state index contributed by atoms with van der Waals surface area (Å²) in [7, 11) is 1.65. The third-order valence-corrected chi connectivity index (χ3v) is 5.20. The topological polar surface area (TPSA) is 96.5 Å². The lowest BCUT2D eigenvalue weighted by atomic mass is 10.2. The molecule has 1 aliphatic carbocycles. The summed E-state index contributed by atoms with van der Waals surface area (Å²) < 4.78 is 11.2. The number of nitrogens with zero attached hydrogens (tertiary/aromatic N) is 3. The minimum absolute atomic E-state index is 0. The van der Waals surface area contributed by atoms with E-state index in [1.54, 1.807) is 7.11 Å². The van der Waals surface area contributed by atoms with Crippen LogP contribution in [0.1, 0.15) is 31.2 Å². The molecule has 0 atom stereocenters. The maximum atomic E-state index is 6.00. The van der Waals surface area contributed by atoms with Crippen molar-refractivity contribution in [3.63, 3.8) is 0 Å². The third kappa shape index (κ3) is 7.34. The summed E-state index contributed by atoms with van der Waals surface area (Å²) in [6.07, 6.45) is 2.55. The number of ether oxygens (including phenoxy) is 2. The first kappa shape index (κ1) is 24.8. The van der Waals surface area contributed by atoms with E-state index in [1.807, 2.05) is 49.4 Å². The molecule has 2 aromatic carbocycles. The number of rotatable bonds is 10. The Morgan fingerprint density at radius 3 is 2.64 bits per heavy atom. The number of guanidine groups is 1. The molecule has 0 unspecified atom stereocenters. The number of hydrogen-bond donors (Lipinski definition) is 3. The van der Waals surface area contributed by atoms with Crippen LogP contribution in [-0.4, -0.2) is 41.4 Å². The van der Waals surface area contributed by atoms with Gasteiger partial charge in [0.1, 0.15) is 17.3 Å². The van der Waals surface area contributed by atoms with Gasteiger partial charge in [0.25, 0.3) is 0 Å². The summed E-state index contributed by atoms with van der Waals surface area (Å²) in [5.41, 5.74) is 2.00. The molecular formula is C24H31IN6O2. The second-order valence-electron chi connectivity index (χ2n) is 7.75. The van der Waals surface area contributed by atoms with Gasteiger partial charge >= 0.3 is 0 Å². The highest BCUT2D eigenvalue weighted by molar-refractivity contribution is 14.0. The summed E-state index contributed by atoms with van der Waals surface area (Å²) in [6, 6.07) is 15.8. The molecule has 8 nitrogen and oxygen atoms in total. The van der Waals surface area contributed by atoms with Crippen LogP contribution in [0.3, 0.4) is 0 Å². The van der Waals surface area contributed by atoms with E-state index in [4.69, 9.17) is 14.5 Å². The Kier molecular flexibility index (Phi) is 9.35. The normalized spacial score (nSPS) is 13.2. The lowest BCUT2D eigenvalue weighted by Gasteiger charge is -2.12. The van der Waals surface area contributed by atoms with Gasteiger partial charge in [-0.3, -0.25) is 5.10 Å². The molecule has 0 saturated heterocycles. The van der Waals surface area contributed by atoms with Crippen LogP contribution in [0.4, 0.5) is 0 Å². The molecule has 1 fully saturated rings. The maximum absolute atomic E-state index is 6.00. The van der Waals surface area contributed by atoms with Gasteiger partial charge in [0.05, 0.1) is 26.8 Å². The quantitative estimate of drug-likeness (QED) is 0.195. The smallest absolute Gasteiger partial charge is 0.191 e. The summed E-state index contributed by atoms with van der Waals surface area (Å²) in [6.45, 7) is 4.61. The van der Waals surface area contributed by atoms with Crippen LogP contribution in [-0.2, 0) is 13.1 Å². The summed E-state index contributed by atoms with van der Waals surface area (Å²) in [5.74, 6) is 4.53. The predicted molar refractivity (Wildman–Crippen MR) is 140 cm³/mol. The minimum atomic E-state index is 0. The Bertz CT molecular complexity index is 1030. The molecule has 3 N–H and O–H groups in total. The first-order chi connectivity index (χ1) is 15.7. The third-order valence-electron chi connectivity index (χ3n) is 5.20. The fraction of sp³-hybridized carbons (Fsp3) is 0.375. The van der Waals surface area contributed by atoms with Crippen LogP contribution in [0.5, 0.6) is 11.5 Å². The van der Waals surface area contributed by atoms with Gasteiger partial charge in [-0.15, -0.1) is 24.0 Å². The summed E-state index contributed by atoms with van der Waals surface area (Å²) in [5, 5.41) is 13.9. The molecule has 0 amide bonds. The van der Waals surface area contributed by atoms with Crippen molar-refractivity contribution in [2.75, 3.05) is 20.3 Å². The van der Waals surface area contributed by atoms with Crippen LogP contribution in [0.15, 0.2) is 53.5 Å². The van der Waals surface area contributed by atoms with Crippen LogP contribution in [0.2, 0.25) is 0 Å². The van der Waals surface area contributed by atoms with Crippen molar-refractivity contribution in [3.05, 3.63) is 59.9 Å². The SMILES string of the molecule is CCNC(=NCc1ccccc1OCC1CC1)NCc1nc(-c2ccc(OC)cc2)n[nH]1.I. The number of aromatic nitrogens is 3. The molecule has 33 heavy (non-hydrogen) atoms. The first-order valence-electron chi connectivity index (χ1n) is 11.0. The van der Waals surface area contributed by atoms with E-state index in [0.717, 1.165) is 47.5 Å². The van der Waals surface area contributed by atoms with Gasteiger partial charge in [-0.2, -0.15) is 5.10 Å². The molecule has 9 heteroatoms. The summed E-state index contributed by atoms with van der Waals surface area (Å²) in [4.78, 5) is 9.30. The number of aliphatic imine (C=N–C) groups is 1. The van der Waals surface area contributed by atoms with E-state index >= 15 is 0 Å². The Labute approximate surface area is 211 Å². The van der Waals surface area contributed by atoms with E-state index < -0.39 is 0 Å². The maximum Gasteiger partial charge on any atom is 0.191 e. The highest BCUT2D eigenvalue weighted by atomic mass is 127. The molecule has 4 rings (SSSR count). The number of para-hydroxylation sites is 1. The standard InChI is InChI=1S/C24H30N6O2.HI/c1-3-25-24(26-14-19-6-4-5-7-21(19)32-16-17-8-9-17)27-15-22-28-23(30-29-22)18-10-12-20(31-2)13-11-18;/h4-7,10-13,17H,3,8-9,14-16H2,1-2H3,(H2,25,26,27)(H,28,29,30);1H. The van der Waals surface area contributed by atoms with Gasteiger partial charge in [0, 0.05) is 17.7 Å². The minimum Gasteiger partial charge on any atom is -0.497 e. The fourth-order valence-electron chi connectivity index (χ4n) is 3.18. The van der Waals surface area contributed by atoms with Crippen molar-refractivity contribution < 1.29 is 9.47 Å². The molecule has 1 aromatic heterocycles. The lowest BCUT2D eigenvalue weighted by Crippen LogP contribution is -2.37. The zero-order chi connectivity index (χ0) is 22.2. The van der Waals surface area contributed by atoms with Gasteiger partial charge < -0.3 is 20.1 Å². The molecule has 176 valence electrons. The monoisotopic (exact) mass is 562 g/mol. The van der Waals surface area contributed by atoms with Crippen molar-refractivity contribution >= 4 is 29.9 Å². The Morgan fingerprint density at radius 1 is 1.12 bits per heavy atom. The van der Waals surface area contributed by atoms with E-state index in [2.05, 4.69) is 31.9 Å². The van der Waals surface area contributed by atoms with Crippen LogP contribution < -0.4 is 20.1 Å². The van der Waals surface area contributed by atoms with Crippen LogP contribution in [0, 0.1) is 5.92 Å². The zero-order valence-electron chi connectivity index (χ0n) is 19.0. The van der Waals surface area contributed by atoms with Crippen molar-refractivity contribution in [2.45, 2.75) is 32.9 Å². The molecule has 1 saturated carbocycles. The number of nitrogens with one attached hydrogen (secondary N) is 3. The van der Waals surface area contributed by atoms with Crippen molar-refractivity contribution in [1.29, 1.82) is 0 Å². The van der Waals surface area contributed by atoms with E-state index in [9.17, 15) is 0 Å². The van der Waals surface area contributed by atoms with E-state index in [0.29, 0.717) is 24.9 Å². The number of H-pyrrole nitrogens is 1. The summed E-state index contributed by atoms with van der Waals surface area (Å²) >= 11 is 0. The Morgan fingerprint density at radius 2 is 1.91 bits per heavy atom. The molecular weight excluding hydrogens is 531 g/mol. The van der Waals surface area contributed by atoms with Crippen molar-refractivity contribution in [3.8, 4) is 22.9 Å². The number of hydrogen-bond acceptors (Lipinski definition) is 5. The number of aromatic amines is 1.